The molecule has 33 heavy (non-hydrogen) atoms. The average Bonchev–Trinajstić information content (AvgIpc) is 3.06. The molecule has 1 aliphatic rings. The first kappa shape index (κ1) is 31.7. The number of aliphatic hydroxyl groups excluding tert-OH is 6. The fraction of sp³-hybridized carbons (Fsp3) is 0.792. The number of rotatable bonds is 15. The lowest BCUT2D eigenvalue weighted by atomic mass is 9.89. The first-order valence-electron chi connectivity index (χ1n) is 11.8. The van der Waals surface area contributed by atoms with Gasteiger partial charge in [0.15, 0.2) is 0 Å². The molecule has 0 aromatic carbocycles. The number of nitrogens with two attached hydrogens (primary N) is 1. The lowest BCUT2D eigenvalue weighted by Crippen LogP contribution is -2.50. The Bertz CT molecular complexity index is 556. The Kier molecular flexibility index (Phi) is 17.3. The Morgan fingerprint density at radius 3 is 2.21 bits per heavy atom. The van der Waals surface area contributed by atoms with Crippen molar-refractivity contribution in [3.63, 3.8) is 0 Å². The third kappa shape index (κ3) is 13.8. The molecule has 1 aliphatic carbocycles. The van der Waals surface area contributed by atoms with Crippen molar-refractivity contribution in [1.82, 2.24) is 0 Å². The van der Waals surface area contributed by atoms with Crippen molar-refractivity contribution in [2.45, 2.75) is 88.6 Å². The third-order valence-corrected chi connectivity index (χ3v) is 5.86. The summed E-state index contributed by atoms with van der Waals surface area (Å²) in [6, 6.07) is 0. The summed E-state index contributed by atoms with van der Waals surface area (Å²) in [5, 5.41) is 64.0. The summed E-state index contributed by atoms with van der Waals surface area (Å²) >= 11 is 0. The number of allylic oxidation sites excluding steroid dienone is 2. The van der Waals surface area contributed by atoms with Crippen LogP contribution < -0.4 is 5.73 Å². The standard InChI is InChI=1S/C20H34O5.C4H11NO3/c1-2-3-6-9-15(21)12-13-17-16(18(22)14-19(17)23)10-7-4-5-8-11-20(24)25;5-4(1-6,2-7)3-8/h4,7,12-13,15-19,21-23H,2-3,5-6,8-11,14H2,1H3,(H,24,25);6-8H,1-3,5H2/b7-4-,13-12+;/t15-,16-,17?,18+,19-;/m1./s1. The van der Waals surface area contributed by atoms with E-state index in [1.807, 2.05) is 18.2 Å². The van der Waals surface area contributed by atoms with E-state index in [2.05, 4.69) is 6.92 Å². The van der Waals surface area contributed by atoms with Crippen LogP contribution in [0.2, 0.25) is 0 Å². The van der Waals surface area contributed by atoms with E-state index < -0.39 is 49.6 Å². The normalized spacial score (nSPS) is 24.2. The topological polar surface area (TPSA) is 185 Å². The monoisotopic (exact) mass is 475 g/mol. The third-order valence-electron chi connectivity index (χ3n) is 5.86. The van der Waals surface area contributed by atoms with E-state index in [4.69, 9.17) is 26.2 Å². The maximum atomic E-state index is 10.5. The predicted octanol–water partition coefficient (Wildman–Crippen LogP) is 0.704. The molecule has 0 saturated heterocycles. The quantitative estimate of drug-likeness (QED) is 0.125. The van der Waals surface area contributed by atoms with Crippen molar-refractivity contribution in [2.24, 2.45) is 17.6 Å². The van der Waals surface area contributed by atoms with Gasteiger partial charge in [-0.15, -0.1) is 0 Å². The second-order valence-electron chi connectivity index (χ2n) is 8.89. The van der Waals surface area contributed by atoms with E-state index in [1.165, 1.54) is 0 Å². The first-order valence-corrected chi connectivity index (χ1v) is 11.8. The molecule has 1 fully saturated rings. The maximum Gasteiger partial charge on any atom is 0.303 e. The molecule has 1 unspecified atom stereocenters. The molecule has 1 saturated carbocycles. The van der Waals surface area contributed by atoms with Gasteiger partial charge in [-0.05, 0) is 31.6 Å². The summed E-state index contributed by atoms with van der Waals surface area (Å²) in [7, 11) is 0. The summed E-state index contributed by atoms with van der Waals surface area (Å²) in [5.74, 6) is -1.00. The van der Waals surface area contributed by atoms with E-state index in [0.29, 0.717) is 25.7 Å². The van der Waals surface area contributed by atoms with Crippen molar-refractivity contribution >= 4 is 5.97 Å². The number of carbonyl (C=O) groups is 1. The predicted molar refractivity (Wildman–Crippen MR) is 126 cm³/mol. The van der Waals surface area contributed by atoms with Gasteiger partial charge in [0.25, 0.3) is 0 Å². The van der Waals surface area contributed by atoms with E-state index in [9.17, 15) is 20.1 Å². The summed E-state index contributed by atoms with van der Waals surface area (Å²) in [5.41, 5.74) is 3.94. The number of aliphatic carboxylic acids is 1. The molecule has 0 aromatic rings. The average molecular weight is 476 g/mol. The SMILES string of the molecule is CCCCC[C@@H](O)/C=C/C1[C@H](O)C[C@H](O)[C@@H]1C/C=C\CCCC(=O)O.NC(CO)(CO)CO. The molecule has 0 heterocycles. The smallest absolute Gasteiger partial charge is 0.303 e. The van der Waals surface area contributed by atoms with Gasteiger partial charge < -0.3 is 41.5 Å². The van der Waals surface area contributed by atoms with Gasteiger partial charge in [0.2, 0.25) is 0 Å². The van der Waals surface area contributed by atoms with Crippen LogP contribution in [0.25, 0.3) is 0 Å². The highest BCUT2D eigenvalue weighted by Gasteiger charge is 2.39. The molecule has 5 atom stereocenters. The maximum absolute atomic E-state index is 10.5. The highest BCUT2D eigenvalue weighted by atomic mass is 16.4. The van der Waals surface area contributed by atoms with Gasteiger partial charge in [0.1, 0.15) is 0 Å². The molecule has 0 radical (unpaired) electrons. The number of hydrogen-bond acceptors (Lipinski definition) is 8. The first-order chi connectivity index (χ1) is 15.6. The Hall–Kier alpha value is -1.33. The molecule has 9 heteroatoms. The van der Waals surface area contributed by atoms with Gasteiger partial charge in [-0.25, -0.2) is 0 Å². The molecule has 0 aliphatic heterocycles. The fourth-order valence-electron chi connectivity index (χ4n) is 3.56. The second kappa shape index (κ2) is 18.1. The minimum atomic E-state index is -1.21. The minimum Gasteiger partial charge on any atom is -0.481 e. The molecule has 0 amide bonds. The van der Waals surface area contributed by atoms with Gasteiger partial charge in [-0.1, -0.05) is 50.5 Å². The van der Waals surface area contributed by atoms with Crippen LogP contribution in [0, 0.1) is 11.8 Å². The van der Waals surface area contributed by atoms with Gasteiger partial charge >= 0.3 is 5.97 Å². The lowest BCUT2D eigenvalue weighted by Gasteiger charge is -2.20. The molecule has 194 valence electrons. The minimum absolute atomic E-state index is 0.0650. The van der Waals surface area contributed by atoms with Crippen LogP contribution in [0.1, 0.15) is 64.7 Å². The molecule has 0 spiro atoms. The second-order valence-corrected chi connectivity index (χ2v) is 8.89. The van der Waals surface area contributed by atoms with Crippen LogP contribution in [-0.2, 0) is 4.79 Å². The number of hydrogen-bond donors (Lipinski definition) is 8. The number of unbranched alkanes of at least 4 members (excludes halogenated alkanes) is 3. The molecule has 0 bridgehead atoms. The van der Waals surface area contributed by atoms with Crippen LogP contribution in [-0.4, -0.2) is 85.4 Å². The Labute approximate surface area is 197 Å². The summed E-state index contributed by atoms with van der Waals surface area (Å²) < 4.78 is 0. The van der Waals surface area contributed by atoms with Crippen molar-refractivity contribution in [1.29, 1.82) is 0 Å². The molecule has 0 aromatic heterocycles. The van der Waals surface area contributed by atoms with E-state index >= 15 is 0 Å². The van der Waals surface area contributed by atoms with Gasteiger partial charge in [-0.2, -0.15) is 0 Å². The summed E-state index contributed by atoms with van der Waals surface area (Å²) in [4.78, 5) is 10.5. The zero-order valence-electron chi connectivity index (χ0n) is 19.8. The lowest BCUT2D eigenvalue weighted by molar-refractivity contribution is -0.137. The molecular formula is C24H45NO8. The van der Waals surface area contributed by atoms with Crippen LogP contribution >= 0.6 is 0 Å². The Morgan fingerprint density at radius 1 is 1.06 bits per heavy atom. The molecule has 1 rings (SSSR count). The van der Waals surface area contributed by atoms with Crippen LogP contribution in [0.3, 0.4) is 0 Å². The van der Waals surface area contributed by atoms with Crippen molar-refractivity contribution in [3.8, 4) is 0 Å². The zero-order valence-corrected chi connectivity index (χ0v) is 19.8. The number of aliphatic hydroxyl groups is 6. The Balaban J connectivity index is 0.00000109. The summed E-state index contributed by atoms with van der Waals surface area (Å²) in [6.45, 7) is 0.915. The van der Waals surface area contributed by atoms with Crippen LogP contribution in [0.5, 0.6) is 0 Å². The molecule has 9 nitrogen and oxygen atoms in total. The highest BCUT2D eigenvalue weighted by molar-refractivity contribution is 5.66. The van der Waals surface area contributed by atoms with Crippen molar-refractivity contribution in [3.05, 3.63) is 24.3 Å². The van der Waals surface area contributed by atoms with Crippen molar-refractivity contribution in [2.75, 3.05) is 19.8 Å². The van der Waals surface area contributed by atoms with Gasteiger partial charge in [0, 0.05) is 18.8 Å². The fourth-order valence-corrected chi connectivity index (χ4v) is 3.56. The van der Waals surface area contributed by atoms with Crippen molar-refractivity contribution < 1.29 is 40.5 Å². The number of carboxylic acid groups (broad SMARTS) is 1. The Morgan fingerprint density at radius 2 is 1.70 bits per heavy atom. The van der Waals surface area contributed by atoms with E-state index in [0.717, 1.165) is 25.7 Å². The van der Waals surface area contributed by atoms with Gasteiger partial charge in [-0.3, -0.25) is 4.79 Å². The molecular weight excluding hydrogens is 430 g/mol. The molecule has 9 N–H and O–H groups in total. The largest absolute Gasteiger partial charge is 0.481 e. The van der Waals surface area contributed by atoms with Gasteiger partial charge in [0.05, 0.1) is 43.7 Å². The number of carboxylic acids is 1. The summed E-state index contributed by atoms with van der Waals surface area (Å²) in [6.07, 6.45) is 12.3. The zero-order chi connectivity index (χ0) is 25.3. The highest BCUT2D eigenvalue weighted by Crippen LogP contribution is 2.36. The van der Waals surface area contributed by atoms with Crippen LogP contribution in [0.4, 0.5) is 0 Å². The van der Waals surface area contributed by atoms with Crippen LogP contribution in [0.15, 0.2) is 24.3 Å². The van der Waals surface area contributed by atoms with E-state index in [-0.39, 0.29) is 18.3 Å². The van der Waals surface area contributed by atoms with E-state index in [1.54, 1.807) is 6.08 Å².